The highest BCUT2D eigenvalue weighted by molar-refractivity contribution is 5.14. The van der Waals surface area contributed by atoms with Gasteiger partial charge in [-0.2, -0.15) is 0 Å². The van der Waals surface area contributed by atoms with Gasteiger partial charge in [-0.1, -0.05) is 44.1 Å². The van der Waals surface area contributed by atoms with E-state index in [4.69, 9.17) is 0 Å². The summed E-state index contributed by atoms with van der Waals surface area (Å²) in [5.41, 5.74) is 1.64. The van der Waals surface area contributed by atoms with E-state index in [-0.39, 0.29) is 0 Å². The first-order valence-electron chi connectivity index (χ1n) is 4.65. The van der Waals surface area contributed by atoms with Crippen LogP contribution in [0.3, 0.4) is 0 Å². The van der Waals surface area contributed by atoms with Crippen LogP contribution >= 0.6 is 0 Å². The molecule has 1 atom stereocenters. The van der Waals surface area contributed by atoms with Gasteiger partial charge in [0.2, 0.25) is 0 Å². The van der Waals surface area contributed by atoms with E-state index in [0.29, 0.717) is 0 Å². The van der Waals surface area contributed by atoms with Crippen LogP contribution in [0.4, 0.5) is 0 Å². The summed E-state index contributed by atoms with van der Waals surface area (Å²) < 4.78 is 0. The van der Waals surface area contributed by atoms with Gasteiger partial charge in [-0.15, -0.1) is 0 Å². The van der Waals surface area contributed by atoms with Crippen molar-refractivity contribution in [3.05, 3.63) is 23.8 Å². The van der Waals surface area contributed by atoms with E-state index in [9.17, 15) is 0 Å². The number of hydrogen-bond acceptors (Lipinski definition) is 0. The molecule has 0 nitrogen and oxygen atoms in total. The highest BCUT2D eigenvalue weighted by Gasteiger charge is 2.03. The maximum absolute atomic E-state index is 2.38. The molecule has 1 aliphatic rings. The van der Waals surface area contributed by atoms with Gasteiger partial charge in [-0.3, -0.25) is 0 Å². The summed E-state index contributed by atoms with van der Waals surface area (Å²) in [6.45, 7) is 4.60. The average molecular weight is 150 g/mol. The second-order valence-electron chi connectivity index (χ2n) is 3.49. The second-order valence-corrected chi connectivity index (χ2v) is 3.49. The van der Waals surface area contributed by atoms with Crippen molar-refractivity contribution < 1.29 is 0 Å². The van der Waals surface area contributed by atoms with Crippen LogP contribution in [0.25, 0.3) is 0 Å². The van der Waals surface area contributed by atoms with Crippen molar-refractivity contribution >= 4 is 0 Å². The monoisotopic (exact) mass is 150 g/mol. The van der Waals surface area contributed by atoms with Crippen LogP contribution in [0.5, 0.6) is 0 Å². The van der Waals surface area contributed by atoms with Crippen molar-refractivity contribution in [1.82, 2.24) is 0 Å². The van der Waals surface area contributed by atoms with E-state index in [0.717, 1.165) is 12.3 Å². The molecule has 0 unspecified atom stereocenters. The van der Waals surface area contributed by atoms with Crippen molar-refractivity contribution in [3.8, 4) is 0 Å². The van der Waals surface area contributed by atoms with Crippen molar-refractivity contribution in [2.24, 2.45) is 5.92 Å². The lowest BCUT2D eigenvalue weighted by Gasteiger charge is -2.12. The van der Waals surface area contributed by atoms with Gasteiger partial charge in [-0.05, 0) is 25.2 Å². The van der Waals surface area contributed by atoms with Gasteiger partial charge in [0.25, 0.3) is 0 Å². The molecule has 0 aliphatic heterocycles. The topological polar surface area (TPSA) is 0 Å². The first-order chi connectivity index (χ1) is 5.33. The lowest BCUT2D eigenvalue weighted by atomic mass is 9.94. The van der Waals surface area contributed by atoms with Crippen LogP contribution in [-0.4, -0.2) is 0 Å². The molecule has 0 aromatic heterocycles. The molecule has 0 fully saturated rings. The van der Waals surface area contributed by atoms with Crippen LogP contribution in [0.2, 0.25) is 0 Å². The molecule has 0 N–H and O–H groups in total. The third kappa shape index (κ3) is 2.92. The van der Waals surface area contributed by atoms with Gasteiger partial charge < -0.3 is 0 Å². The Morgan fingerprint density at radius 1 is 1.45 bits per heavy atom. The molecular weight excluding hydrogens is 132 g/mol. The normalized spacial score (nSPS) is 19.6. The van der Waals surface area contributed by atoms with E-state index >= 15 is 0 Å². The van der Waals surface area contributed by atoms with Gasteiger partial charge in [0.1, 0.15) is 0 Å². The SMILES string of the molecule is CC[C@H](C)CC1=CCC=CC1. The Labute approximate surface area is 70.0 Å². The molecule has 0 heterocycles. The molecule has 0 heteroatoms. The standard InChI is InChI=1S/C11H18/c1-3-10(2)9-11-7-5-4-6-8-11/h4-5,8,10H,3,6-7,9H2,1-2H3/t10-/m0/s1. The zero-order chi connectivity index (χ0) is 8.10. The molecule has 1 rings (SSSR count). The lowest BCUT2D eigenvalue weighted by Crippen LogP contribution is -1.96. The zero-order valence-corrected chi connectivity index (χ0v) is 7.64. The summed E-state index contributed by atoms with van der Waals surface area (Å²) in [4.78, 5) is 0. The molecule has 11 heavy (non-hydrogen) atoms. The molecular formula is C11H18. The largest absolute Gasteiger partial charge is 0.0844 e. The Bertz CT molecular complexity index is 163. The van der Waals surface area contributed by atoms with Crippen LogP contribution in [0.15, 0.2) is 23.8 Å². The summed E-state index contributed by atoms with van der Waals surface area (Å²) in [5.74, 6) is 0.868. The van der Waals surface area contributed by atoms with E-state index < -0.39 is 0 Å². The fraction of sp³-hybridized carbons (Fsp3) is 0.636. The Kier molecular flexibility index (Phi) is 3.41. The highest BCUT2D eigenvalue weighted by Crippen LogP contribution is 2.20. The minimum Gasteiger partial charge on any atom is -0.0844 e. The van der Waals surface area contributed by atoms with Crippen molar-refractivity contribution in [3.63, 3.8) is 0 Å². The van der Waals surface area contributed by atoms with Crippen molar-refractivity contribution in [2.75, 3.05) is 0 Å². The van der Waals surface area contributed by atoms with Crippen molar-refractivity contribution in [2.45, 2.75) is 39.5 Å². The second kappa shape index (κ2) is 4.38. The molecule has 0 saturated carbocycles. The van der Waals surface area contributed by atoms with E-state index in [2.05, 4.69) is 32.1 Å². The van der Waals surface area contributed by atoms with E-state index in [1.54, 1.807) is 5.57 Å². The molecule has 62 valence electrons. The van der Waals surface area contributed by atoms with Gasteiger partial charge in [-0.25, -0.2) is 0 Å². The fourth-order valence-electron chi connectivity index (χ4n) is 1.41. The summed E-state index contributed by atoms with van der Waals surface area (Å²) in [6.07, 6.45) is 11.9. The zero-order valence-electron chi connectivity index (χ0n) is 7.64. The van der Waals surface area contributed by atoms with Crippen LogP contribution < -0.4 is 0 Å². The number of hydrogen-bond donors (Lipinski definition) is 0. The third-order valence-electron chi connectivity index (χ3n) is 2.40. The molecule has 1 aliphatic carbocycles. The van der Waals surface area contributed by atoms with Gasteiger partial charge in [0.05, 0.1) is 0 Å². The Hall–Kier alpha value is -0.520. The number of allylic oxidation sites excluding steroid dienone is 4. The summed E-state index contributed by atoms with van der Waals surface area (Å²) in [5, 5.41) is 0. The first kappa shape index (κ1) is 8.58. The maximum atomic E-state index is 2.38. The van der Waals surface area contributed by atoms with Gasteiger partial charge >= 0.3 is 0 Å². The summed E-state index contributed by atoms with van der Waals surface area (Å²) >= 11 is 0. The molecule has 0 aromatic rings. The Morgan fingerprint density at radius 3 is 2.82 bits per heavy atom. The van der Waals surface area contributed by atoms with E-state index in [1.165, 1.54) is 19.3 Å². The maximum Gasteiger partial charge on any atom is -0.0139 e. The van der Waals surface area contributed by atoms with Crippen molar-refractivity contribution in [1.29, 1.82) is 0 Å². The lowest BCUT2D eigenvalue weighted by molar-refractivity contribution is 0.551. The fourth-order valence-corrected chi connectivity index (χ4v) is 1.41. The van der Waals surface area contributed by atoms with Gasteiger partial charge in [0, 0.05) is 0 Å². The molecule has 0 spiro atoms. The first-order valence-corrected chi connectivity index (χ1v) is 4.65. The van der Waals surface area contributed by atoms with Crippen LogP contribution in [0.1, 0.15) is 39.5 Å². The van der Waals surface area contributed by atoms with E-state index in [1.807, 2.05) is 0 Å². The predicted molar refractivity (Wildman–Crippen MR) is 50.5 cm³/mol. The summed E-state index contributed by atoms with van der Waals surface area (Å²) in [6, 6.07) is 0. The quantitative estimate of drug-likeness (QED) is 0.538. The minimum atomic E-state index is 0.868. The minimum absolute atomic E-state index is 0.868. The summed E-state index contributed by atoms with van der Waals surface area (Å²) in [7, 11) is 0. The third-order valence-corrected chi connectivity index (χ3v) is 2.40. The molecule has 0 aromatic carbocycles. The predicted octanol–water partition coefficient (Wildman–Crippen LogP) is 3.70. The number of rotatable bonds is 3. The van der Waals surface area contributed by atoms with Crippen LogP contribution in [-0.2, 0) is 0 Å². The van der Waals surface area contributed by atoms with Gasteiger partial charge in [0.15, 0.2) is 0 Å². The molecule has 0 radical (unpaired) electrons. The molecule has 0 bridgehead atoms. The van der Waals surface area contributed by atoms with Crippen LogP contribution in [0, 0.1) is 5.92 Å². The molecule has 0 amide bonds. The Balaban J connectivity index is 2.31. The Morgan fingerprint density at radius 2 is 2.27 bits per heavy atom. The highest BCUT2D eigenvalue weighted by atomic mass is 14.1. The smallest absolute Gasteiger partial charge is 0.0139 e. The average Bonchev–Trinajstić information content (AvgIpc) is 2.06. The molecule has 0 saturated heterocycles.